The lowest BCUT2D eigenvalue weighted by molar-refractivity contribution is -0.132. The molecule has 0 amide bonds. The summed E-state index contributed by atoms with van der Waals surface area (Å²) < 4.78 is 0. The number of hydrogen-bond acceptors (Lipinski definition) is 1. The summed E-state index contributed by atoms with van der Waals surface area (Å²) in [6, 6.07) is 5.92. The number of aliphatic carboxylic acids is 1. The molecule has 106 valence electrons. The predicted octanol–water partition coefficient (Wildman–Crippen LogP) is 4.70. The zero-order valence-corrected chi connectivity index (χ0v) is 12.2. The normalized spacial score (nSPS) is 19.9. The molecule has 0 saturated heterocycles. The molecule has 0 radical (unpaired) electrons. The third-order valence-electron chi connectivity index (χ3n) is 4.60. The minimum absolute atomic E-state index is 0.396. The van der Waals surface area contributed by atoms with Gasteiger partial charge in [-0.1, -0.05) is 36.9 Å². The van der Waals surface area contributed by atoms with Gasteiger partial charge in [-0.25, -0.2) is 4.79 Å². The van der Waals surface area contributed by atoms with Gasteiger partial charge in [0.2, 0.25) is 0 Å². The van der Waals surface area contributed by atoms with Crippen LogP contribution >= 0.6 is 11.6 Å². The molecule has 0 atom stereocenters. The molecular weight excluding hydrogens is 272 g/mol. The van der Waals surface area contributed by atoms with E-state index in [1.807, 2.05) is 12.1 Å². The molecule has 2 nitrogen and oxygen atoms in total. The second kappa shape index (κ2) is 5.61. The maximum absolute atomic E-state index is 11.6. The van der Waals surface area contributed by atoms with Crippen molar-refractivity contribution in [2.75, 3.05) is 0 Å². The molecule has 1 aromatic carbocycles. The van der Waals surface area contributed by atoms with Crippen molar-refractivity contribution in [2.24, 2.45) is 5.92 Å². The number of hydrogen-bond donors (Lipinski definition) is 1. The van der Waals surface area contributed by atoms with Gasteiger partial charge in [0.05, 0.1) is 0 Å². The van der Waals surface area contributed by atoms with Crippen molar-refractivity contribution in [3.05, 3.63) is 39.9 Å². The van der Waals surface area contributed by atoms with Gasteiger partial charge >= 0.3 is 5.97 Å². The lowest BCUT2D eigenvalue weighted by atomic mass is 9.74. The van der Waals surface area contributed by atoms with Crippen molar-refractivity contribution in [3.63, 3.8) is 0 Å². The van der Waals surface area contributed by atoms with E-state index < -0.39 is 5.97 Å². The Labute approximate surface area is 124 Å². The number of halogens is 1. The van der Waals surface area contributed by atoms with E-state index in [1.54, 1.807) is 0 Å². The van der Waals surface area contributed by atoms with E-state index in [9.17, 15) is 9.90 Å². The maximum Gasteiger partial charge on any atom is 0.331 e. The highest BCUT2D eigenvalue weighted by atomic mass is 35.5. The van der Waals surface area contributed by atoms with Gasteiger partial charge in [0.1, 0.15) is 0 Å². The second-order valence-corrected chi connectivity index (χ2v) is 6.27. The van der Waals surface area contributed by atoms with Crippen molar-refractivity contribution in [1.82, 2.24) is 0 Å². The highest BCUT2D eigenvalue weighted by molar-refractivity contribution is 6.30. The van der Waals surface area contributed by atoms with Crippen LogP contribution in [0.2, 0.25) is 5.02 Å². The second-order valence-electron chi connectivity index (χ2n) is 5.83. The van der Waals surface area contributed by atoms with E-state index in [0.717, 1.165) is 30.4 Å². The average molecular weight is 291 g/mol. The SMILES string of the molecule is O=C(O)C1=C(C2CCCCC2)c2cc(Cl)ccc2CC1. The molecule has 2 aliphatic carbocycles. The summed E-state index contributed by atoms with van der Waals surface area (Å²) in [4.78, 5) is 11.6. The van der Waals surface area contributed by atoms with Crippen LogP contribution in [0.25, 0.3) is 5.57 Å². The lowest BCUT2D eigenvalue weighted by Gasteiger charge is -2.30. The van der Waals surface area contributed by atoms with Crippen LogP contribution < -0.4 is 0 Å². The van der Waals surface area contributed by atoms with E-state index in [-0.39, 0.29) is 0 Å². The van der Waals surface area contributed by atoms with Gasteiger partial charge in [-0.15, -0.1) is 0 Å². The van der Waals surface area contributed by atoms with Crippen LogP contribution in [0.5, 0.6) is 0 Å². The average Bonchev–Trinajstić information content (AvgIpc) is 2.46. The van der Waals surface area contributed by atoms with Crippen LogP contribution in [0.3, 0.4) is 0 Å². The summed E-state index contributed by atoms with van der Waals surface area (Å²) in [7, 11) is 0. The third-order valence-corrected chi connectivity index (χ3v) is 4.84. The van der Waals surface area contributed by atoms with Gasteiger partial charge in [-0.05, 0) is 60.4 Å². The maximum atomic E-state index is 11.6. The summed E-state index contributed by atoms with van der Waals surface area (Å²) in [6.07, 6.45) is 7.36. The van der Waals surface area contributed by atoms with E-state index in [1.165, 1.54) is 24.8 Å². The summed E-state index contributed by atoms with van der Waals surface area (Å²) in [6.45, 7) is 0. The number of carbonyl (C=O) groups is 1. The monoisotopic (exact) mass is 290 g/mol. The molecule has 20 heavy (non-hydrogen) atoms. The number of carboxylic acids is 1. The number of carboxylic acid groups (broad SMARTS) is 1. The molecule has 0 spiro atoms. The van der Waals surface area contributed by atoms with Crippen molar-refractivity contribution in [2.45, 2.75) is 44.9 Å². The molecule has 1 aromatic rings. The number of benzene rings is 1. The van der Waals surface area contributed by atoms with Gasteiger partial charge in [-0.2, -0.15) is 0 Å². The fourth-order valence-corrected chi connectivity index (χ4v) is 3.83. The Morgan fingerprint density at radius 2 is 1.90 bits per heavy atom. The Balaban J connectivity index is 2.12. The largest absolute Gasteiger partial charge is 0.478 e. The standard InChI is InChI=1S/C17H19ClO2/c18-13-8-6-11-7-9-14(17(19)20)16(15(11)10-13)12-4-2-1-3-5-12/h6,8,10,12H,1-5,7,9H2,(H,19,20). The van der Waals surface area contributed by atoms with Gasteiger partial charge in [0.25, 0.3) is 0 Å². The minimum atomic E-state index is -0.754. The Morgan fingerprint density at radius 1 is 1.15 bits per heavy atom. The summed E-state index contributed by atoms with van der Waals surface area (Å²) in [5, 5.41) is 10.2. The highest BCUT2D eigenvalue weighted by Gasteiger charge is 2.29. The number of aryl methyl sites for hydroxylation is 1. The van der Waals surface area contributed by atoms with Crippen LogP contribution in [-0.2, 0) is 11.2 Å². The zero-order valence-electron chi connectivity index (χ0n) is 11.5. The highest BCUT2D eigenvalue weighted by Crippen LogP contribution is 2.43. The molecular formula is C17H19ClO2. The molecule has 0 bridgehead atoms. The summed E-state index contributed by atoms with van der Waals surface area (Å²) in [5.41, 5.74) is 4.03. The molecule has 0 unspecified atom stereocenters. The first-order chi connectivity index (χ1) is 9.66. The van der Waals surface area contributed by atoms with Crippen LogP contribution in [-0.4, -0.2) is 11.1 Å². The first-order valence-electron chi connectivity index (χ1n) is 7.42. The molecule has 1 fully saturated rings. The summed E-state index contributed by atoms with van der Waals surface area (Å²) >= 11 is 6.14. The van der Waals surface area contributed by atoms with Gasteiger partial charge < -0.3 is 5.11 Å². The first kappa shape index (κ1) is 13.7. The number of allylic oxidation sites excluding steroid dienone is 1. The Morgan fingerprint density at radius 3 is 2.60 bits per heavy atom. The molecule has 1 N–H and O–H groups in total. The molecule has 1 saturated carbocycles. The first-order valence-corrected chi connectivity index (χ1v) is 7.79. The molecule has 0 aliphatic heterocycles. The van der Waals surface area contributed by atoms with E-state index >= 15 is 0 Å². The van der Waals surface area contributed by atoms with Gasteiger partial charge in [-0.3, -0.25) is 0 Å². The number of rotatable bonds is 2. The van der Waals surface area contributed by atoms with E-state index in [0.29, 0.717) is 22.9 Å². The van der Waals surface area contributed by atoms with Crippen molar-refractivity contribution >= 4 is 23.1 Å². The number of fused-ring (bicyclic) bond motifs is 1. The zero-order chi connectivity index (χ0) is 14.1. The van der Waals surface area contributed by atoms with Crippen molar-refractivity contribution in [3.8, 4) is 0 Å². The van der Waals surface area contributed by atoms with Crippen molar-refractivity contribution < 1.29 is 9.90 Å². The smallest absolute Gasteiger partial charge is 0.331 e. The lowest BCUT2D eigenvalue weighted by Crippen LogP contribution is -2.19. The summed E-state index contributed by atoms with van der Waals surface area (Å²) in [5.74, 6) is -0.358. The Kier molecular flexibility index (Phi) is 3.84. The predicted molar refractivity (Wildman–Crippen MR) is 80.9 cm³/mol. The van der Waals surface area contributed by atoms with Crippen LogP contribution in [0, 0.1) is 5.92 Å². The molecule has 0 aromatic heterocycles. The quantitative estimate of drug-likeness (QED) is 0.857. The molecule has 3 rings (SSSR count). The molecule has 2 aliphatic rings. The topological polar surface area (TPSA) is 37.3 Å². The van der Waals surface area contributed by atoms with Crippen molar-refractivity contribution in [1.29, 1.82) is 0 Å². The van der Waals surface area contributed by atoms with Gasteiger partial charge in [0, 0.05) is 10.6 Å². The molecule has 0 heterocycles. The Bertz CT molecular complexity index is 568. The fourth-order valence-electron chi connectivity index (χ4n) is 3.65. The fraction of sp³-hybridized carbons (Fsp3) is 0.471. The van der Waals surface area contributed by atoms with Crippen LogP contribution in [0.15, 0.2) is 23.8 Å². The minimum Gasteiger partial charge on any atom is -0.478 e. The molecule has 3 heteroatoms. The Hall–Kier alpha value is -1.28. The third kappa shape index (κ3) is 2.49. The van der Waals surface area contributed by atoms with E-state index in [2.05, 4.69) is 6.07 Å². The van der Waals surface area contributed by atoms with Crippen LogP contribution in [0.4, 0.5) is 0 Å². The van der Waals surface area contributed by atoms with Crippen LogP contribution in [0.1, 0.15) is 49.7 Å². The van der Waals surface area contributed by atoms with Gasteiger partial charge in [0.15, 0.2) is 0 Å². The van der Waals surface area contributed by atoms with E-state index in [4.69, 9.17) is 11.6 Å².